The van der Waals surface area contributed by atoms with Crippen molar-refractivity contribution in [1.29, 1.82) is 0 Å². The van der Waals surface area contributed by atoms with E-state index in [-0.39, 0.29) is 0 Å². The van der Waals surface area contributed by atoms with Gasteiger partial charge in [-0.3, -0.25) is 0 Å². The highest BCUT2D eigenvalue weighted by atomic mass is 15.2. The van der Waals surface area contributed by atoms with Crippen LogP contribution in [0, 0.1) is 0 Å². The summed E-state index contributed by atoms with van der Waals surface area (Å²) in [6, 6.07) is 4.91. The molecule has 0 aliphatic carbocycles. The van der Waals surface area contributed by atoms with E-state index in [0.29, 0.717) is 0 Å². The molecule has 60 valence electrons. The van der Waals surface area contributed by atoms with Gasteiger partial charge >= 0.3 is 0 Å². The Bertz CT molecular complexity index is 215. The number of likely N-dealkylation sites (tertiary alicyclic amines) is 1. The van der Waals surface area contributed by atoms with E-state index in [4.69, 9.17) is 0 Å². The third-order valence-corrected chi connectivity index (χ3v) is 2.42. The van der Waals surface area contributed by atoms with Crippen LogP contribution in [0.25, 0.3) is 0 Å². The second kappa shape index (κ2) is 2.70. The van der Waals surface area contributed by atoms with Gasteiger partial charge in [0, 0.05) is 25.0 Å². The molecule has 1 atom stereocenters. The molecule has 2 heterocycles. The summed E-state index contributed by atoms with van der Waals surface area (Å²) in [7, 11) is 2.18. The van der Waals surface area contributed by atoms with Crippen LogP contribution in [0.3, 0.4) is 0 Å². The molecular formula is C9H14N2. The molecule has 2 heteroatoms. The highest BCUT2D eigenvalue weighted by molar-refractivity contribution is 4.95. The zero-order valence-electron chi connectivity index (χ0n) is 6.90. The Kier molecular flexibility index (Phi) is 1.70. The van der Waals surface area contributed by atoms with Gasteiger partial charge in [-0.15, -0.1) is 0 Å². The van der Waals surface area contributed by atoms with Gasteiger partial charge in [0.2, 0.25) is 0 Å². The second-order valence-electron chi connectivity index (χ2n) is 3.33. The van der Waals surface area contributed by atoms with Crippen LogP contribution in [0.5, 0.6) is 0 Å². The molecule has 1 unspecified atom stereocenters. The smallest absolute Gasteiger partial charge is 0.0469 e. The van der Waals surface area contributed by atoms with Gasteiger partial charge in [0.1, 0.15) is 0 Å². The molecule has 1 aromatic rings. The third-order valence-electron chi connectivity index (χ3n) is 2.42. The van der Waals surface area contributed by atoms with Crippen LogP contribution in [-0.2, 0) is 0 Å². The van der Waals surface area contributed by atoms with Crippen molar-refractivity contribution in [1.82, 2.24) is 9.47 Å². The van der Waals surface area contributed by atoms with Crippen molar-refractivity contribution < 1.29 is 0 Å². The monoisotopic (exact) mass is 150 g/mol. The number of hydrogen-bond acceptors (Lipinski definition) is 1. The maximum absolute atomic E-state index is 2.38. The minimum Gasteiger partial charge on any atom is -0.350 e. The Hall–Kier alpha value is -0.760. The van der Waals surface area contributed by atoms with Crippen molar-refractivity contribution in [3.8, 4) is 0 Å². The second-order valence-corrected chi connectivity index (χ2v) is 3.33. The Morgan fingerprint density at radius 2 is 2.00 bits per heavy atom. The molecule has 2 nitrogen and oxygen atoms in total. The lowest BCUT2D eigenvalue weighted by Crippen LogP contribution is -2.15. The largest absolute Gasteiger partial charge is 0.350 e. The molecular weight excluding hydrogens is 136 g/mol. The molecule has 1 aliphatic rings. The fourth-order valence-corrected chi connectivity index (χ4v) is 1.75. The molecule has 11 heavy (non-hydrogen) atoms. The van der Waals surface area contributed by atoms with E-state index >= 15 is 0 Å². The van der Waals surface area contributed by atoms with Crippen molar-refractivity contribution >= 4 is 0 Å². The highest BCUT2D eigenvalue weighted by Gasteiger charge is 2.19. The maximum atomic E-state index is 2.38. The quantitative estimate of drug-likeness (QED) is 0.587. The third kappa shape index (κ3) is 1.31. The standard InChI is InChI=1S/C9H14N2/c1-10-7-4-9(8-10)11-5-2-3-6-11/h2-3,5-6,9H,4,7-8H2,1H3. The first-order chi connectivity index (χ1) is 5.36. The SMILES string of the molecule is CN1CCC(n2cccc2)C1. The van der Waals surface area contributed by atoms with Crippen molar-refractivity contribution in [3.05, 3.63) is 24.5 Å². The topological polar surface area (TPSA) is 8.17 Å². The van der Waals surface area contributed by atoms with Gasteiger partial charge in [0.05, 0.1) is 0 Å². The first kappa shape index (κ1) is 6.92. The van der Waals surface area contributed by atoms with Gasteiger partial charge in [0.15, 0.2) is 0 Å². The van der Waals surface area contributed by atoms with E-state index in [9.17, 15) is 0 Å². The fourth-order valence-electron chi connectivity index (χ4n) is 1.75. The summed E-state index contributed by atoms with van der Waals surface area (Å²) in [4.78, 5) is 2.38. The average Bonchev–Trinajstić information content (AvgIpc) is 2.55. The molecule has 0 radical (unpaired) electrons. The van der Waals surface area contributed by atoms with Crippen molar-refractivity contribution in [2.75, 3.05) is 20.1 Å². The minimum absolute atomic E-state index is 0.718. The van der Waals surface area contributed by atoms with E-state index in [2.05, 4.69) is 41.0 Å². The van der Waals surface area contributed by atoms with E-state index < -0.39 is 0 Å². The normalized spacial score (nSPS) is 26.1. The van der Waals surface area contributed by atoms with Crippen LogP contribution in [-0.4, -0.2) is 29.6 Å². The molecule has 0 N–H and O–H groups in total. The Morgan fingerprint density at radius 3 is 2.55 bits per heavy atom. The molecule has 0 bridgehead atoms. The molecule has 1 aliphatic heterocycles. The Labute approximate surface area is 67.4 Å². The summed E-state index contributed by atoms with van der Waals surface area (Å²) < 4.78 is 2.31. The molecule has 0 spiro atoms. The van der Waals surface area contributed by atoms with E-state index in [1.165, 1.54) is 19.5 Å². The van der Waals surface area contributed by atoms with E-state index in [1.54, 1.807) is 0 Å². The van der Waals surface area contributed by atoms with Crippen molar-refractivity contribution in [2.24, 2.45) is 0 Å². The highest BCUT2D eigenvalue weighted by Crippen LogP contribution is 2.19. The van der Waals surface area contributed by atoms with Gasteiger partial charge in [-0.2, -0.15) is 0 Å². The summed E-state index contributed by atoms with van der Waals surface area (Å²) in [6.07, 6.45) is 5.61. The number of aromatic nitrogens is 1. The van der Waals surface area contributed by atoms with Crippen molar-refractivity contribution in [2.45, 2.75) is 12.5 Å². The average molecular weight is 150 g/mol. The minimum atomic E-state index is 0.718. The summed E-state index contributed by atoms with van der Waals surface area (Å²) >= 11 is 0. The van der Waals surface area contributed by atoms with Crippen LogP contribution in [0.2, 0.25) is 0 Å². The Morgan fingerprint density at radius 1 is 1.27 bits per heavy atom. The number of rotatable bonds is 1. The molecule has 1 fully saturated rings. The maximum Gasteiger partial charge on any atom is 0.0469 e. The lowest BCUT2D eigenvalue weighted by Gasteiger charge is -2.11. The number of nitrogens with zero attached hydrogens (tertiary/aromatic N) is 2. The predicted molar refractivity (Wildman–Crippen MR) is 45.6 cm³/mol. The Balaban J connectivity index is 2.08. The van der Waals surface area contributed by atoms with Gasteiger partial charge < -0.3 is 9.47 Å². The molecule has 0 aromatic carbocycles. The molecule has 0 saturated carbocycles. The fraction of sp³-hybridized carbons (Fsp3) is 0.556. The number of likely N-dealkylation sites (N-methyl/N-ethyl adjacent to an activating group) is 1. The van der Waals surface area contributed by atoms with Crippen LogP contribution in [0.15, 0.2) is 24.5 Å². The van der Waals surface area contributed by atoms with Crippen molar-refractivity contribution in [3.63, 3.8) is 0 Å². The van der Waals surface area contributed by atoms with Crippen LogP contribution >= 0.6 is 0 Å². The van der Waals surface area contributed by atoms with Crippen LogP contribution in [0.1, 0.15) is 12.5 Å². The van der Waals surface area contributed by atoms with Gasteiger partial charge in [-0.25, -0.2) is 0 Å². The van der Waals surface area contributed by atoms with E-state index in [0.717, 1.165) is 6.04 Å². The lowest BCUT2D eigenvalue weighted by atomic mass is 10.3. The van der Waals surface area contributed by atoms with Gasteiger partial charge in [-0.05, 0) is 32.1 Å². The van der Waals surface area contributed by atoms with Gasteiger partial charge in [-0.1, -0.05) is 0 Å². The van der Waals surface area contributed by atoms with Crippen LogP contribution in [0.4, 0.5) is 0 Å². The zero-order valence-corrected chi connectivity index (χ0v) is 6.90. The van der Waals surface area contributed by atoms with Crippen LogP contribution < -0.4 is 0 Å². The summed E-state index contributed by atoms with van der Waals surface area (Å²) in [5, 5.41) is 0. The first-order valence-electron chi connectivity index (χ1n) is 4.17. The van der Waals surface area contributed by atoms with Gasteiger partial charge in [0.25, 0.3) is 0 Å². The summed E-state index contributed by atoms with van der Waals surface area (Å²) in [5.74, 6) is 0. The van der Waals surface area contributed by atoms with E-state index in [1.807, 2.05) is 0 Å². The molecule has 2 rings (SSSR count). The first-order valence-corrected chi connectivity index (χ1v) is 4.17. The predicted octanol–water partition coefficient (Wildman–Crippen LogP) is 1.36. The molecule has 1 saturated heterocycles. The molecule has 1 aromatic heterocycles. The molecule has 0 amide bonds. The zero-order chi connectivity index (χ0) is 7.68. The summed E-state index contributed by atoms with van der Waals surface area (Å²) in [5.41, 5.74) is 0. The lowest BCUT2D eigenvalue weighted by molar-refractivity contribution is 0.393. The summed E-state index contributed by atoms with van der Waals surface area (Å²) in [6.45, 7) is 2.44. The number of hydrogen-bond donors (Lipinski definition) is 0.